The zero-order chi connectivity index (χ0) is 8.85. The van der Waals surface area contributed by atoms with E-state index in [-0.39, 0.29) is 12.1 Å². The number of ether oxygens (including phenoxy) is 1. The van der Waals surface area contributed by atoms with Gasteiger partial charge < -0.3 is 4.74 Å². The molecule has 2 nitrogen and oxygen atoms in total. The molecule has 2 heteroatoms. The number of carbonyl (C=O) groups is 1. The van der Waals surface area contributed by atoms with Crippen molar-refractivity contribution in [3.05, 3.63) is 24.3 Å². The van der Waals surface area contributed by atoms with Crippen LogP contribution in [0.2, 0.25) is 0 Å². The molecule has 0 aliphatic rings. The Hall–Kier alpha value is -1.05. The first-order chi connectivity index (χ1) is 5.07. The van der Waals surface area contributed by atoms with Gasteiger partial charge in [-0.05, 0) is 20.8 Å². The molecule has 0 unspecified atom stereocenters. The maximum atomic E-state index is 11.0. The molecule has 0 atom stereocenters. The highest BCUT2D eigenvalue weighted by Crippen LogP contribution is 1.99. The van der Waals surface area contributed by atoms with Crippen LogP contribution in [0.25, 0.3) is 0 Å². The van der Waals surface area contributed by atoms with Crippen molar-refractivity contribution in [1.29, 1.82) is 0 Å². The minimum atomic E-state index is -0.278. The standard InChI is InChI=1S/C9H14O2/c1-5-6-8(4)9(10)11-7(2)3/h5-7H,1H2,2-4H3/b8-6+. The van der Waals surface area contributed by atoms with Gasteiger partial charge in [0.05, 0.1) is 6.10 Å². The van der Waals surface area contributed by atoms with E-state index in [4.69, 9.17) is 4.74 Å². The molecule has 0 saturated carbocycles. The van der Waals surface area contributed by atoms with Gasteiger partial charge in [0.2, 0.25) is 0 Å². The first kappa shape index (κ1) is 9.95. The summed E-state index contributed by atoms with van der Waals surface area (Å²) >= 11 is 0. The molecule has 0 amide bonds. The van der Waals surface area contributed by atoms with Crippen LogP contribution in [0.4, 0.5) is 0 Å². The van der Waals surface area contributed by atoms with Gasteiger partial charge in [-0.3, -0.25) is 0 Å². The highest BCUT2D eigenvalue weighted by Gasteiger charge is 2.05. The smallest absolute Gasteiger partial charge is 0.333 e. The SMILES string of the molecule is C=C/C=C(\C)C(=O)OC(C)C. The van der Waals surface area contributed by atoms with Gasteiger partial charge in [0, 0.05) is 5.57 Å². The number of rotatable bonds is 3. The van der Waals surface area contributed by atoms with Crippen LogP contribution in [0, 0.1) is 0 Å². The maximum Gasteiger partial charge on any atom is 0.333 e. The van der Waals surface area contributed by atoms with Crippen LogP contribution in [-0.2, 0) is 9.53 Å². The Labute approximate surface area is 67.6 Å². The van der Waals surface area contributed by atoms with Crippen molar-refractivity contribution in [2.24, 2.45) is 0 Å². The second kappa shape index (κ2) is 4.72. The van der Waals surface area contributed by atoms with Crippen molar-refractivity contribution in [3.8, 4) is 0 Å². The van der Waals surface area contributed by atoms with Crippen LogP contribution in [0.1, 0.15) is 20.8 Å². The van der Waals surface area contributed by atoms with Gasteiger partial charge in [0.1, 0.15) is 0 Å². The summed E-state index contributed by atoms with van der Waals surface area (Å²) in [6.07, 6.45) is 3.14. The van der Waals surface area contributed by atoms with Crippen LogP contribution in [0.3, 0.4) is 0 Å². The second-order valence-electron chi connectivity index (χ2n) is 2.54. The summed E-state index contributed by atoms with van der Waals surface area (Å²) in [4.78, 5) is 11.0. The van der Waals surface area contributed by atoms with Crippen LogP contribution >= 0.6 is 0 Å². The largest absolute Gasteiger partial charge is 0.460 e. The molecule has 0 aromatic heterocycles. The molecule has 0 saturated heterocycles. The Balaban J connectivity index is 4.03. The first-order valence-corrected chi connectivity index (χ1v) is 3.58. The third-order valence-electron chi connectivity index (χ3n) is 1.03. The van der Waals surface area contributed by atoms with E-state index >= 15 is 0 Å². The van der Waals surface area contributed by atoms with Crippen molar-refractivity contribution in [2.45, 2.75) is 26.9 Å². The molecule has 11 heavy (non-hydrogen) atoms. The highest BCUT2D eigenvalue weighted by molar-refractivity contribution is 5.88. The van der Waals surface area contributed by atoms with E-state index in [1.807, 2.05) is 13.8 Å². The predicted molar refractivity (Wildman–Crippen MR) is 45.2 cm³/mol. The van der Waals surface area contributed by atoms with E-state index in [0.717, 1.165) is 0 Å². The molecule has 0 aliphatic carbocycles. The third kappa shape index (κ3) is 4.37. The lowest BCUT2D eigenvalue weighted by Crippen LogP contribution is -2.11. The highest BCUT2D eigenvalue weighted by atomic mass is 16.5. The van der Waals surface area contributed by atoms with E-state index in [1.165, 1.54) is 0 Å². The van der Waals surface area contributed by atoms with Crippen molar-refractivity contribution >= 4 is 5.97 Å². The van der Waals surface area contributed by atoms with Gasteiger partial charge in [0.25, 0.3) is 0 Å². The Morgan fingerprint density at radius 1 is 1.55 bits per heavy atom. The van der Waals surface area contributed by atoms with E-state index in [0.29, 0.717) is 5.57 Å². The topological polar surface area (TPSA) is 26.3 Å². The lowest BCUT2D eigenvalue weighted by molar-refractivity contribution is -0.142. The van der Waals surface area contributed by atoms with E-state index in [9.17, 15) is 4.79 Å². The maximum absolute atomic E-state index is 11.0. The molecule has 0 aromatic rings. The zero-order valence-electron chi connectivity index (χ0n) is 7.26. The van der Waals surface area contributed by atoms with Crippen LogP contribution < -0.4 is 0 Å². The minimum absolute atomic E-state index is 0.0596. The van der Waals surface area contributed by atoms with Crippen molar-refractivity contribution < 1.29 is 9.53 Å². The van der Waals surface area contributed by atoms with E-state index in [1.54, 1.807) is 19.1 Å². The Morgan fingerprint density at radius 3 is 2.45 bits per heavy atom. The summed E-state index contributed by atoms with van der Waals surface area (Å²) < 4.78 is 4.91. The van der Waals surface area contributed by atoms with Crippen LogP contribution in [-0.4, -0.2) is 12.1 Å². The molecule has 0 N–H and O–H groups in total. The molecule has 0 fully saturated rings. The van der Waals surface area contributed by atoms with Crippen molar-refractivity contribution in [1.82, 2.24) is 0 Å². The Kier molecular flexibility index (Phi) is 4.27. The van der Waals surface area contributed by atoms with E-state index in [2.05, 4.69) is 6.58 Å². The van der Waals surface area contributed by atoms with Gasteiger partial charge in [-0.2, -0.15) is 0 Å². The lowest BCUT2D eigenvalue weighted by atomic mass is 10.3. The number of esters is 1. The molecular formula is C9H14O2. The summed E-state index contributed by atoms with van der Waals surface area (Å²) in [5.41, 5.74) is 0.577. The van der Waals surface area contributed by atoms with Crippen LogP contribution in [0.5, 0.6) is 0 Å². The fourth-order valence-electron chi connectivity index (χ4n) is 0.552. The number of carbonyl (C=O) groups excluding carboxylic acids is 1. The normalized spacial score (nSPS) is 11.5. The van der Waals surface area contributed by atoms with Crippen molar-refractivity contribution in [3.63, 3.8) is 0 Å². The number of hydrogen-bond donors (Lipinski definition) is 0. The lowest BCUT2D eigenvalue weighted by Gasteiger charge is -2.06. The average Bonchev–Trinajstić information content (AvgIpc) is 1.86. The summed E-state index contributed by atoms with van der Waals surface area (Å²) in [5.74, 6) is -0.278. The third-order valence-corrected chi connectivity index (χ3v) is 1.03. The number of hydrogen-bond acceptors (Lipinski definition) is 2. The fourth-order valence-corrected chi connectivity index (χ4v) is 0.552. The van der Waals surface area contributed by atoms with Crippen LogP contribution in [0.15, 0.2) is 24.3 Å². The Morgan fingerprint density at radius 2 is 2.09 bits per heavy atom. The Bertz CT molecular complexity index is 178. The van der Waals surface area contributed by atoms with Gasteiger partial charge >= 0.3 is 5.97 Å². The molecule has 62 valence electrons. The van der Waals surface area contributed by atoms with Gasteiger partial charge in [0.15, 0.2) is 0 Å². The molecule has 0 aromatic carbocycles. The quantitative estimate of drug-likeness (QED) is 0.353. The number of allylic oxidation sites excluding steroid dienone is 2. The average molecular weight is 154 g/mol. The zero-order valence-corrected chi connectivity index (χ0v) is 7.26. The van der Waals surface area contributed by atoms with Crippen molar-refractivity contribution in [2.75, 3.05) is 0 Å². The predicted octanol–water partition coefficient (Wildman–Crippen LogP) is 2.07. The summed E-state index contributed by atoms with van der Waals surface area (Å²) in [7, 11) is 0. The first-order valence-electron chi connectivity index (χ1n) is 3.58. The molecule has 0 radical (unpaired) electrons. The van der Waals surface area contributed by atoms with Gasteiger partial charge in [-0.25, -0.2) is 4.79 Å². The molecule has 0 aliphatic heterocycles. The monoisotopic (exact) mass is 154 g/mol. The summed E-state index contributed by atoms with van der Waals surface area (Å²) in [6, 6.07) is 0. The van der Waals surface area contributed by atoms with E-state index < -0.39 is 0 Å². The summed E-state index contributed by atoms with van der Waals surface area (Å²) in [5, 5.41) is 0. The fraction of sp³-hybridized carbons (Fsp3) is 0.444. The van der Waals surface area contributed by atoms with Gasteiger partial charge in [-0.1, -0.05) is 18.7 Å². The van der Waals surface area contributed by atoms with Gasteiger partial charge in [-0.15, -0.1) is 0 Å². The molecule has 0 rings (SSSR count). The minimum Gasteiger partial charge on any atom is -0.460 e. The molecular weight excluding hydrogens is 140 g/mol. The molecule has 0 spiro atoms. The summed E-state index contributed by atoms with van der Waals surface area (Å²) in [6.45, 7) is 8.82. The second-order valence-corrected chi connectivity index (χ2v) is 2.54. The molecule has 0 bridgehead atoms. The molecule has 0 heterocycles.